The molecule has 1 fully saturated rings. The molecule has 15 heteroatoms. The van der Waals surface area contributed by atoms with Crippen molar-refractivity contribution in [3.8, 4) is 11.8 Å². The maximum absolute atomic E-state index is 13.9. The molecule has 0 radical (unpaired) electrons. The number of nitrogens with one attached hydrogen (secondary N) is 1. The summed E-state index contributed by atoms with van der Waals surface area (Å²) in [7, 11) is 0. The molecule has 282 valence electrons. The van der Waals surface area contributed by atoms with Crippen molar-refractivity contribution in [1.29, 1.82) is 5.26 Å². The summed E-state index contributed by atoms with van der Waals surface area (Å²) in [5.74, 6) is -4.00. The van der Waals surface area contributed by atoms with Gasteiger partial charge in [-0.2, -0.15) is 5.26 Å². The van der Waals surface area contributed by atoms with Gasteiger partial charge in [0, 0.05) is 18.7 Å². The minimum Gasteiger partial charge on any atom is -0.491 e. The number of carboxylic acids is 1. The Balaban J connectivity index is 1.90. The first-order valence-corrected chi connectivity index (χ1v) is 16.7. The van der Waals surface area contributed by atoms with Crippen LogP contribution in [0.3, 0.4) is 0 Å². The van der Waals surface area contributed by atoms with Gasteiger partial charge >= 0.3 is 18.2 Å². The number of nitriles is 1. The smallest absolute Gasteiger partial charge is 0.420 e. The fraction of sp³-hybridized carbons (Fsp3) is 0.514. The molecule has 0 bridgehead atoms. The Morgan fingerprint density at radius 2 is 1.63 bits per heavy atom. The molecule has 2 aromatic carbocycles. The summed E-state index contributed by atoms with van der Waals surface area (Å²) in [5, 5.41) is 32.3. The lowest BCUT2D eigenvalue weighted by molar-refractivity contribution is -0.149. The van der Waals surface area contributed by atoms with Crippen LogP contribution in [0.15, 0.2) is 42.5 Å². The van der Waals surface area contributed by atoms with Crippen LogP contribution in [0.2, 0.25) is 0 Å². The van der Waals surface area contributed by atoms with Crippen molar-refractivity contribution in [2.75, 3.05) is 30.0 Å². The number of amides is 4. The Morgan fingerprint density at radius 1 is 1.02 bits per heavy atom. The second kappa shape index (κ2) is 16.9. The van der Waals surface area contributed by atoms with Crippen LogP contribution in [-0.4, -0.2) is 87.7 Å². The van der Waals surface area contributed by atoms with Crippen LogP contribution in [0.25, 0.3) is 0 Å². The van der Waals surface area contributed by atoms with Crippen molar-refractivity contribution in [3.05, 3.63) is 53.6 Å². The summed E-state index contributed by atoms with van der Waals surface area (Å²) in [6.07, 6.45) is -3.97. The summed E-state index contributed by atoms with van der Waals surface area (Å²) < 4.78 is 22.4. The van der Waals surface area contributed by atoms with E-state index in [1.807, 2.05) is 6.07 Å². The first-order chi connectivity index (χ1) is 24.1. The van der Waals surface area contributed by atoms with E-state index in [4.69, 9.17) is 18.9 Å². The molecule has 0 aliphatic carbocycles. The minimum atomic E-state index is -1.49. The van der Waals surface area contributed by atoms with E-state index in [2.05, 4.69) is 5.32 Å². The SMILES string of the molecule is CC(C)(O)CCOc1ccccc1N1CCO[C@H]([C@@H](CC(=O)O)C(=O)Nc2ccc(C#N)c(CN(C(=O)OC(C)(C)C)C(=O)OC(C)(C)C)c2)C1=O. The van der Waals surface area contributed by atoms with E-state index in [1.165, 1.54) is 23.1 Å². The molecule has 2 aromatic rings. The first kappa shape index (κ1) is 41.2. The fourth-order valence-corrected chi connectivity index (χ4v) is 5.03. The minimum absolute atomic E-state index is 0.00993. The van der Waals surface area contributed by atoms with Crippen molar-refractivity contribution in [2.45, 2.75) is 97.7 Å². The molecule has 4 amide bonds. The van der Waals surface area contributed by atoms with Crippen molar-refractivity contribution >= 4 is 41.3 Å². The van der Waals surface area contributed by atoms with E-state index in [0.29, 0.717) is 22.8 Å². The van der Waals surface area contributed by atoms with E-state index >= 15 is 0 Å². The third kappa shape index (κ3) is 12.2. The van der Waals surface area contributed by atoms with Gasteiger partial charge in [0.05, 0.1) is 55.0 Å². The predicted molar refractivity (Wildman–Crippen MR) is 188 cm³/mol. The molecule has 1 aliphatic rings. The first-order valence-electron chi connectivity index (χ1n) is 16.7. The van der Waals surface area contributed by atoms with Crippen LogP contribution < -0.4 is 15.0 Å². The summed E-state index contributed by atoms with van der Waals surface area (Å²) in [4.78, 5) is 67.9. The molecular formula is C37H48N4O11. The number of anilines is 2. The topological polar surface area (TPSA) is 205 Å². The standard InChI is InChI=1S/C37H48N4O11/c1-35(2,3)51-33(46)41(34(47)52-36(4,5)6)22-24-19-25(14-13-23(24)21-38)39-31(44)26(20-29(42)43)30-32(45)40(16-18-50-30)27-11-9-10-12-28(27)49-17-15-37(7,8)48/h9-14,19,26,30,48H,15-18,20,22H2,1-8H3,(H,39,44)(H,42,43)/t26-,30-/m1/s1. The quantitative estimate of drug-likeness (QED) is 0.257. The molecule has 0 saturated carbocycles. The van der Waals surface area contributed by atoms with Gasteiger partial charge in [0.1, 0.15) is 23.1 Å². The number of hydrogen-bond donors (Lipinski definition) is 3. The maximum atomic E-state index is 13.9. The fourth-order valence-electron chi connectivity index (χ4n) is 5.03. The van der Waals surface area contributed by atoms with E-state index < -0.39 is 71.8 Å². The summed E-state index contributed by atoms with van der Waals surface area (Å²) in [5.41, 5.74) is -2.21. The maximum Gasteiger partial charge on any atom is 0.420 e. The van der Waals surface area contributed by atoms with Crippen LogP contribution in [0.1, 0.15) is 79.4 Å². The highest BCUT2D eigenvalue weighted by molar-refractivity contribution is 6.04. The monoisotopic (exact) mass is 724 g/mol. The number of para-hydroxylation sites is 2. The van der Waals surface area contributed by atoms with Gasteiger partial charge in [0.2, 0.25) is 5.91 Å². The molecule has 1 aliphatic heterocycles. The zero-order valence-corrected chi connectivity index (χ0v) is 30.8. The van der Waals surface area contributed by atoms with Gasteiger partial charge in [-0.05, 0) is 91.3 Å². The molecule has 2 atom stereocenters. The van der Waals surface area contributed by atoms with Crippen molar-refractivity contribution in [2.24, 2.45) is 5.92 Å². The number of hydrogen-bond acceptors (Lipinski definition) is 11. The number of benzene rings is 2. The van der Waals surface area contributed by atoms with Gasteiger partial charge in [0.15, 0.2) is 0 Å². The molecule has 0 spiro atoms. The van der Waals surface area contributed by atoms with E-state index in [0.717, 1.165) is 0 Å². The molecule has 52 heavy (non-hydrogen) atoms. The van der Waals surface area contributed by atoms with Gasteiger partial charge in [-0.25, -0.2) is 14.5 Å². The lowest BCUT2D eigenvalue weighted by Gasteiger charge is -2.36. The predicted octanol–water partition coefficient (Wildman–Crippen LogP) is 5.23. The number of nitrogens with zero attached hydrogens (tertiary/aromatic N) is 3. The number of carboxylic acid groups (broad SMARTS) is 1. The lowest BCUT2D eigenvalue weighted by Crippen LogP contribution is -2.53. The number of carbonyl (C=O) groups excluding carboxylic acids is 4. The van der Waals surface area contributed by atoms with Gasteiger partial charge in [-0.3, -0.25) is 14.4 Å². The summed E-state index contributed by atoms with van der Waals surface area (Å²) >= 11 is 0. The van der Waals surface area contributed by atoms with Crippen LogP contribution >= 0.6 is 0 Å². The zero-order chi connectivity index (χ0) is 39.0. The zero-order valence-electron chi connectivity index (χ0n) is 30.8. The number of aliphatic hydroxyl groups is 1. The highest BCUT2D eigenvalue weighted by Crippen LogP contribution is 2.33. The average Bonchev–Trinajstić information content (AvgIpc) is 3.00. The summed E-state index contributed by atoms with van der Waals surface area (Å²) in [6.45, 7) is 12.8. The number of morpholine rings is 1. The Morgan fingerprint density at radius 3 is 2.19 bits per heavy atom. The van der Waals surface area contributed by atoms with Crippen LogP contribution in [-0.2, 0) is 35.1 Å². The largest absolute Gasteiger partial charge is 0.491 e. The highest BCUT2D eigenvalue weighted by atomic mass is 16.6. The van der Waals surface area contributed by atoms with Crippen LogP contribution in [0.4, 0.5) is 21.0 Å². The summed E-state index contributed by atoms with van der Waals surface area (Å²) in [6, 6.07) is 12.8. The Kier molecular flexibility index (Phi) is 13.4. The van der Waals surface area contributed by atoms with Crippen molar-refractivity contribution < 1.29 is 53.1 Å². The number of rotatable bonds is 12. The highest BCUT2D eigenvalue weighted by Gasteiger charge is 2.42. The molecule has 3 rings (SSSR count). The van der Waals surface area contributed by atoms with Crippen molar-refractivity contribution in [3.63, 3.8) is 0 Å². The molecule has 1 heterocycles. The molecule has 1 saturated heterocycles. The van der Waals surface area contributed by atoms with Gasteiger partial charge < -0.3 is 39.4 Å². The van der Waals surface area contributed by atoms with Crippen LogP contribution in [0.5, 0.6) is 5.75 Å². The molecular weight excluding hydrogens is 676 g/mol. The normalized spacial score (nSPS) is 15.6. The number of aliphatic carboxylic acids is 1. The van der Waals surface area contributed by atoms with E-state index in [9.17, 15) is 39.4 Å². The average molecular weight is 725 g/mol. The Bertz CT molecular complexity index is 1650. The molecule has 3 N–H and O–H groups in total. The van der Waals surface area contributed by atoms with Gasteiger partial charge in [0.25, 0.3) is 5.91 Å². The second-order valence-corrected chi connectivity index (χ2v) is 14.9. The Labute approximate surface area is 303 Å². The van der Waals surface area contributed by atoms with E-state index in [-0.39, 0.29) is 36.6 Å². The van der Waals surface area contributed by atoms with Crippen molar-refractivity contribution in [1.82, 2.24) is 4.90 Å². The molecule has 0 aromatic heterocycles. The number of carbonyl (C=O) groups is 5. The van der Waals surface area contributed by atoms with Crippen LogP contribution in [0, 0.1) is 17.2 Å². The number of imide groups is 1. The Hall–Kier alpha value is -5.20. The molecule has 0 unspecified atom stereocenters. The second-order valence-electron chi connectivity index (χ2n) is 14.9. The van der Waals surface area contributed by atoms with Gasteiger partial charge in [-0.15, -0.1) is 0 Å². The number of ether oxygens (including phenoxy) is 4. The third-order valence-electron chi connectivity index (χ3n) is 7.40. The molecule has 15 nitrogen and oxygen atoms in total. The van der Waals surface area contributed by atoms with Gasteiger partial charge in [-0.1, -0.05) is 12.1 Å². The van der Waals surface area contributed by atoms with E-state index in [1.54, 1.807) is 79.7 Å². The lowest BCUT2D eigenvalue weighted by atomic mass is 9.94. The third-order valence-corrected chi connectivity index (χ3v) is 7.40.